The number of anilines is 1. The van der Waals surface area contributed by atoms with Gasteiger partial charge in [0.1, 0.15) is 17.4 Å². The Hall–Kier alpha value is -2.90. The highest BCUT2D eigenvalue weighted by Crippen LogP contribution is 2.24. The first-order valence-corrected chi connectivity index (χ1v) is 11.8. The molecule has 1 fully saturated rings. The van der Waals surface area contributed by atoms with Crippen molar-refractivity contribution >= 4 is 40.4 Å². The number of likely N-dealkylation sites (tertiary alicyclic amines) is 1. The summed E-state index contributed by atoms with van der Waals surface area (Å²) in [5.41, 5.74) is 2.64. The van der Waals surface area contributed by atoms with Gasteiger partial charge in [-0.15, -0.1) is 11.3 Å². The fourth-order valence-corrected chi connectivity index (χ4v) is 4.50. The highest BCUT2D eigenvalue weighted by molar-refractivity contribution is 7.09. The van der Waals surface area contributed by atoms with Crippen LogP contribution in [0.3, 0.4) is 0 Å². The Morgan fingerprint density at radius 1 is 1.16 bits per heavy atom. The van der Waals surface area contributed by atoms with Crippen LogP contribution >= 0.6 is 22.9 Å². The molecule has 2 heterocycles. The molecule has 0 atom stereocenters. The second-order valence-electron chi connectivity index (χ2n) is 7.70. The molecule has 2 amide bonds. The van der Waals surface area contributed by atoms with Crippen molar-refractivity contribution in [3.05, 3.63) is 74.7 Å². The molecule has 32 heavy (non-hydrogen) atoms. The van der Waals surface area contributed by atoms with Crippen LogP contribution in [0.15, 0.2) is 47.8 Å². The van der Waals surface area contributed by atoms with E-state index >= 15 is 0 Å². The van der Waals surface area contributed by atoms with Crippen LogP contribution in [-0.2, 0) is 17.8 Å². The number of ether oxygens (including phenoxy) is 1. The van der Waals surface area contributed by atoms with Gasteiger partial charge in [0, 0.05) is 23.5 Å². The number of thiazole rings is 1. The largest absolute Gasteiger partial charge is 0.486 e. The maximum Gasteiger partial charge on any atom is 0.256 e. The van der Waals surface area contributed by atoms with E-state index in [0.717, 1.165) is 36.5 Å². The van der Waals surface area contributed by atoms with Crippen LogP contribution in [-0.4, -0.2) is 34.8 Å². The van der Waals surface area contributed by atoms with Gasteiger partial charge < -0.3 is 15.0 Å². The number of carbonyl (C=O) groups is 2. The Labute approximate surface area is 196 Å². The van der Waals surface area contributed by atoms with Crippen molar-refractivity contribution in [2.24, 2.45) is 0 Å². The lowest BCUT2D eigenvalue weighted by Crippen LogP contribution is -2.29. The summed E-state index contributed by atoms with van der Waals surface area (Å²) in [5, 5.41) is 6.20. The molecular formula is C24H24ClN3O3S. The molecule has 2 aromatic carbocycles. The average molecular weight is 470 g/mol. The SMILES string of the molecule is Cc1cccc(NC(=O)Cc2csc(COc3ccc(Cl)cc3)n2)c1C(=O)N1CCCC1. The molecule has 0 spiro atoms. The van der Waals surface area contributed by atoms with Crippen LogP contribution in [0.2, 0.25) is 5.02 Å². The van der Waals surface area contributed by atoms with Gasteiger partial charge in [0.05, 0.1) is 23.4 Å². The Morgan fingerprint density at radius 2 is 1.91 bits per heavy atom. The zero-order chi connectivity index (χ0) is 22.5. The second kappa shape index (κ2) is 10.1. The molecular weight excluding hydrogens is 446 g/mol. The number of rotatable bonds is 7. The van der Waals surface area contributed by atoms with Crippen LogP contribution in [0.4, 0.5) is 5.69 Å². The minimum Gasteiger partial charge on any atom is -0.486 e. The number of hydrogen-bond donors (Lipinski definition) is 1. The van der Waals surface area contributed by atoms with Gasteiger partial charge in [-0.3, -0.25) is 9.59 Å². The third-order valence-corrected chi connectivity index (χ3v) is 6.39. The van der Waals surface area contributed by atoms with E-state index in [-0.39, 0.29) is 18.2 Å². The van der Waals surface area contributed by atoms with E-state index in [1.165, 1.54) is 11.3 Å². The Morgan fingerprint density at radius 3 is 2.66 bits per heavy atom. The van der Waals surface area contributed by atoms with E-state index in [2.05, 4.69) is 10.3 Å². The number of nitrogens with zero attached hydrogens (tertiary/aromatic N) is 2. The number of halogens is 1. The van der Waals surface area contributed by atoms with Crippen molar-refractivity contribution in [2.45, 2.75) is 32.8 Å². The van der Waals surface area contributed by atoms with E-state index in [1.54, 1.807) is 30.3 Å². The molecule has 0 radical (unpaired) electrons. The van der Waals surface area contributed by atoms with Gasteiger partial charge in [0.2, 0.25) is 5.91 Å². The minimum atomic E-state index is -0.207. The molecule has 3 aromatic rings. The zero-order valence-corrected chi connectivity index (χ0v) is 19.3. The predicted molar refractivity (Wildman–Crippen MR) is 127 cm³/mol. The minimum absolute atomic E-state index is 0.0220. The fraction of sp³-hybridized carbons (Fsp3) is 0.292. The molecule has 1 aliphatic rings. The highest BCUT2D eigenvalue weighted by atomic mass is 35.5. The second-order valence-corrected chi connectivity index (χ2v) is 9.08. The number of amides is 2. The lowest BCUT2D eigenvalue weighted by atomic mass is 10.0. The van der Waals surface area contributed by atoms with Crippen molar-refractivity contribution in [1.29, 1.82) is 0 Å². The monoisotopic (exact) mass is 469 g/mol. The van der Waals surface area contributed by atoms with Gasteiger partial charge >= 0.3 is 0 Å². The average Bonchev–Trinajstić information content (AvgIpc) is 3.45. The number of benzene rings is 2. The van der Waals surface area contributed by atoms with E-state index in [9.17, 15) is 9.59 Å². The van der Waals surface area contributed by atoms with Crippen LogP contribution in [0.5, 0.6) is 5.75 Å². The van der Waals surface area contributed by atoms with Gasteiger partial charge in [-0.1, -0.05) is 23.7 Å². The predicted octanol–water partition coefficient (Wildman–Crippen LogP) is 5.10. The normalized spacial score (nSPS) is 13.2. The smallest absolute Gasteiger partial charge is 0.256 e. The topological polar surface area (TPSA) is 71.5 Å². The Kier molecular flexibility index (Phi) is 7.07. The summed E-state index contributed by atoms with van der Waals surface area (Å²) in [5.74, 6) is 0.478. The van der Waals surface area contributed by atoms with Crippen LogP contribution in [0.1, 0.15) is 39.5 Å². The maximum absolute atomic E-state index is 13.0. The van der Waals surface area contributed by atoms with Crippen molar-refractivity contribution in [3.63, 3.8) is 0 Å². The van der Waals surface area contributed by atoms with Gasteiger partial charge in [0.25, 0.3) is 5.91 Å². The van der Waals surface area contributed by atoms with Crippen molar-refractivity contribution < 1.29 is 14.3 Å². The Bertz CT molecular complexity index is 1110. The van der Waals surface area contributed by atoms with Crippen molar-refractivity contribution in [1.82, 2.24) is 9.88 Å². The van der Waals surface area contributed by atoms with Crippen LogP contribution in [0.25, 0.3) is 0 Å². The van der Waals surface area contributed by atoms with Gasteiger partial charge in [-0.25, -0.2) is 4.98 Å². The third-order valence-electron chi connectivity index (χ3n) is 5.27. The number of hydrogen-bond acceptors (Lipinski definition) is 5. The maximum atomic E-state index is 13.0. The van der Waals surface area contributed by atoms with Crippen LogP contribution < -0.4 is 10.1 Å². The van der Waals surface area contributed by atoms with Gasteiger partial charge in [-0.2, -0.15) is 0 Å². The summed E-state index contributed by atoms with van der Waals surface area (Å²) in [6.07, 6.45) is 2.17. The van der Waals surface area contributed by atoms with Crippen LogP contribution in [0, 0.1) is 6.92 Å². The van der Waals surface area contributed by atoms with E-state index in [4.69, 9.17) is 16.3 Å². The van der Waals surface area contributed by atoms with Crippen molar-refractivity contribution in [3.8, 4) is 5.75 Å². The number of aromatic nitrogens is 1. The number of nitrogens with one attached hydrogen (secondary N) is 1. The lowest BCUT2D eigenvalue weighted by molar-refractivity contribution is -0.115. The van der Waals surface area contributed by atoms with E-state index in [0.29, 0.717) is 34.3 Å². The molecule has 1 aromatic heterocycles. The summed E-state index contributed by atoms with van der Waals surface area (Å²) >= 11 is 7.33. The number of carbonyl (C=O) groups excluding carboxylic acids is 2. The molecule has 4 rings (SSSR count). The molecule has 8 heteroatoms. The molecule has 0 saturated carbocycles. The summed E-state index contributed by atoms with van der Waals surface area (Å²) < 4.78 is 5.71. The van der Waals surface area contributed by atoms with Gasteiger partial charge in [0.15, 0.2) is 0 Å². The molecule has 166 valence electrons. The summed E-state index contributed by atoms with van der Waals surface area (Å²) in [7, 11) is 0. The molecule has 0 bridgehead atoms. The fourth-order valence-electron chi connectivity index (χ4n) is 3.67. The molecule has 1 N–H and O–H groups in total. The molecule has 0 unspecified atom stereocenters. The molecule has 6 nitrogen and oxygen atoms in total. The van der Waals surface area contributed by atoms with E-state index in [1.807, 2.05) is 29.3 Å². The molecule has 1 saturated heterocycles. The highest BCUT2D eigenvalue weighted by Gasteiger charge is 2.24. The first-order chi connectivity index (χ1) is 15.5. The van der Waals surface area contributed by atoms with Gasteiger partial charge in [-0.05, 0) is 55.7 Å². The lowest BCUT2D eigenvalue weighted by Gasteiger charge is -2.19. The standard InChI is InChI=1S/C24H24ClN3O3S/c1-16-5-4-6-20(23(16)24(30)28-11-2-3-12-28)27-21(29)13-18-15-32-22(26-18)14-31-19-9-7-17(25)8-10-19/h4-10,15H,2-3,11-14H2,1H3,(H,27,29). The first-order valence-electron chi connectivity index (χ1n) is 10.5. The zero-order valence-electron chi connectivity index (χ0n) is 17.8. The number of aryl methyl sites for hydroxylation is 1. The molecule has 1 aliphatic heterocycles. The summed E-state index contributed by atoms with van der Waals surface area (Å²) in [4.78, 5) is 32.0. The Balaban J connectivity index is 1.37. The quantitative estimate of drug-likeness (QED) is 0.522. The van der Waals surface area contributed by atoms with E-state index < -0.39 is 0 Å². The molecule has 0 aliphatic carbocycles. The third kappa shape index (κ3) is 5.47. The summed E-state index contributed by atoms with van der Waals surface area (Å²) in [6.45, 7) is 3.74. The first kappa shape index (κ1) is 22.3. The van der Waals surface area contributed by atoms with Crippen molar-refractivity contribution in [2.75, 3.05) is 18.4 Å². The summed E-state index contributed by atoms with van der Waals surface area (Å²) in [6, 6.07) is 12.7.